The summed E-state index contributed by atoms with van der Waals surface area (Å²) < 4.78 is 0. The molecule has 2 aliphatic rings. The third-order valence-corrected chi connectivity index (χ3v) is 6.60. The molecule has 160 valence electrons. The number of amides is 1. The van der Waals surface area contributed by atoms with Crippen LogP contribution >= 0.6 is 0 Å². The fourth-order valence-electron chi connectivity index (χ4n) is 4.88. The largest absolute Gasteiger partial charge is 0.341 e. The Morgan fingerprint density at radius 3 is 2.52 bits per heavy atom. The molecule has 0 saturated carbocycles. The van der Waals surface area contributed by atoms with Crippen LogP contribution in [0.1, 0.15) is 36.9 Å². The molecule has 0 N–H and O–H groups in total. The maximum atomic E-state index is 13.6. The first-order valence-electron chi connectivity index (χ1n) is 10.9. The number of aryl methyl sites for hydroxylation is 1. The lowest BCUT2D eigenvalue weighted by Crippen LogP contribution is -2.53. The van der Waals surface area contributed by atoms with Crippen LogP contribution in [-0.2, 0) is 11.3 Å². The van der Waals surface area contributed by atoms with Gasteiger partial charge in [0.2, 0.25) is 11.9 Å². The second-order valence-corrected chi connectivity index (χ2v) is 8.54. The van der Waals surface area contributed by atoms with Crippen LogP contribution in [0.25, 0.3) is 5.69 Å². The number of nitrogens with zero attached hydrogens (tertiary/aromatic N) is 7. The van der Waals surface area contributed by atoms with Crippen molar-refractivity contribution >= 4 is 11.9 Å². The van der Waals surface area contributed by atoms with Crippen molar-refractivity contribution in [3.05, 3.63) is 60.2 Å². The third kappa shape index (κ3) is 3.78. The van der Waals surface area contributed by atoms with Gasteiger partial charge in [0.15, 0.2) is 0 Å². The van der Waals surface area contributed by atoms with Crippen LogP contribution in [0.4, 0.5) is 5.95 Å². The molecule has 1 aromatic carbocycles. The first-order valence-corrected chi connectivity index (χ1v) is 10.9. The van der Waals surface area contributed by atoms with E-state index in [2.05, 4.69) is 31.1 Å². The van der Waals surface area contributed by atoms with E-state index in [4.69, 9.17) is 0 Å². The van der Waals surface area contributed by atoms with Gasteiger partial charge in [-0.15, -0.1) is 0 Å². The van der Waals surface area contributed by atoms with Crippen LogP contribution in [0.5, 0.6) is 0 Å². The number of hydrogen-bond donors (Lipinski definition) is 0. The van der Waals surface area contributed by atoms with E-state index in [-0.39, 0.29) is 11.3 Å². The standard InChI is InChI=1S/C23H27N7O/c1-18-7-11-24-22(27-18)28-15-9-23(10-16-28)8-4-14-29(21(23)31)17-19-5-2-3-6-20(19)30-25-12-13-26-30/h2-3,5-7,11-13H,4,8-10,14-17H2,1H3. The van der Waals surface area contributed by atoms with Crippen molar-refractivity contribution in [2.24, 2.45) is 5.41 Å². The zero-order valence-corrected chi connectivity index (χ0v) is 17.8. The lowest BCUT2D eigenvalue weighted by atomic mass is 9.71. The minimum absolute atomic E-state index is 0.266. The Bertz CT molecular complexity index is 1060. The highest BCUT2D eigenvalue weighted by Gasteiger charge is 2.46. The number of anilines is 1. The highest BCUT2D eigenvalue weighted by Crippen LogP contribution is 2.42. The van der Waals surface area contributed by atoms with Gasteiger partial charge in [-0.25, -0.2) is 9.97 Å². The van der Waals surface area contributed by atoms with Gasteiger partial charge in [-0.3, -0.25) is 4.79 Å². The number of carbonyl (C=O) groups is 1. The number of rotatable bonds is 4. The monoisotopic (exact) mass is 417 g/mol. The normalized spacial score (nSPS) is 18.5. The Labute approximate surface area is 181 Å². The number of hydrogen-bond acceptors (Lipinski definition) is 6. The van der Waals surface area contributed by atoms with Crippen LogP contribution in [0.3, 0.4) is 0 Å². The van der Waals surface area contributed by atoms with E-state index >= 15 is 0 Å². The Morgan fingerprint density at radius 1 is 0.968 bits per heavy atom. The van der Waals surface area contributed by atoms with Gasteiger partial charge in [0.25, 0.3) is 0 Å². The summed E-state index contributed by atoms with van der Waals surface area (Å²) in [5.74, 6) is 1.06. The number of carbonyl (C=O) groups excluding carboxylic acids is 1. The van der Waals surface area contributed by atoms with Gasteiger partial charge in [0.1, 0.15) is 0 Å². The van der Waals surface area contributed by atoms with Gasteiger partial charge in [0, 0.05) is 38.1 Å². The number of benzene rings is 1. The molecule has 2 saturated heterocycles. The summed E-state index contributed by atoms with van der Waals surface area (Å²) >= 11 is 0. The van der Waals surface area contributed by atoms with Crippen LogP contribution in [-0.4, -0.2) is 55.4 Å². The van der Waals surface area contributed by atoms with Crippen LogP contribution in [0, 0.1) is 12.3 Å². The molecular weight excluding hydrogens is 390 g/mol. The van der Waals surface area contributed by atoms with E-state index in [1.807, 2.05) is 36.1 Å². The SMILES string of the molecule is Cc1ccnc(N2CCC3(CCCN(Cc4ccccc4-n4nccn4)C3=O)CC2)n1. The fraction of sp³-hybridized carbons (Fsp3) is 0.435. The average molecular weight is 418 g/mol. The molecule has 2 aliphatic heterocycles. The van der Waals surface area contributed by atoms with E-state index in [1.165, 1.54) is 0 Å². The third-order valence-electron chi connectivity index (χ3n) is 6.60. The van der Waals surface area contributed by atoms with Crippen LogP contribution < -0.4 is 4.90 Å². The number of para-hydroxylation sites is 1. The van der Waals surface area contributed by atoms with Gasteiger partial charge >= 0.3 is 0 Å². The van der Waals surface area contributed by atoms with Gasteiger partial charge in [0.05, 0.1) is 23.5 Å². The van der Waals surface area contributed by atoms with E-state index in [0.29, 0.717) is 6.54 Å². The molecule has 4 heterocycles. The topological polar surface area (TPSA) is 80.0 Å². The Balaban J connectivity index is 1.31. The summed E-state index contributed by atoms with van der Waals surface area (Å²) in [7, 11) is 0. The van der Waals surface area contributed by atoms with Gasteiger partial charge in [-0.05, 0) is 50.3 Å². The maximum Gasteiger partial charge on any atom is 0.229 e. The molecule has 0 unspecified atom stereocenters. The Kier molecular flexibility index (Phi) is 5.13. The van der Waals surface area contributed by atoms with E-state index in [1.54, 1.807) is 23.4 Å². The number of aromatic nitrogens is 5. The quantitative estimate of drug-likeness (QED) is 0.649. The molecule has 0 radical (unpaired) electrons. The van der Waals surface area contributed by atoms with E-state index in [9.17, 15) is 4.79 Å². The van der Waals surface area contributed by atoms with Gasteiger partial charge in [-0.2, -0.15) is 15.0 Å². The second-order valence-electron chi connectivity index (χ2n) is 8.54. The lowest BCUT2D eigenvalue weighted by molar-refractivity contribution is -0.148. The predicted molar refractivity (Wildman–Crippen MR) is 117 cm³/mol. The molecule has 1 spiro atoms. The fourth-order valence-corrected chi connectivity index (χ4v) is 4.88. The molecule has 3 aromatic rings. The van der Waals surface area contributed by atoms with Crippen molar-refractivity contribution in [3.63, 3.8) is 0 Å². The van der Waals surface area contributed by atoms with Crippen LogP contribution in [0.2, 0.25) is 0 Å². The highest BCUT2D eigenvalue weighted by atomic mass is 16.2. The maximum absolute atomic E-state index is 13.6. The summed E-state index contributed by atoms with van der Waals surface area (Å²) in [6.07, 6.45) is 8.85. The first-order chi connectivity index (χ1) is 15.1. The van der Waals surface area contributed by atoms with Crippen molar-refractivity contribution in [1.82, 2.24) is 29.9 Å². The Hall–Kier alpha value is -3.29. The minimum Gasteiger partial charge on any atom is -0.341 e. The number of piperidine rings is 2. The molecule has 0 atom stereocenters. The summed E-state index contributed by atoms with van der Waals surface area (Å²) in [6, 6.07) is 9.95. The molecule has 0 bridgehead atoms. The molecule has 1 amide bonds. The summed E-state index contributed by atoms with van der Waals surface area (Å²) in [4.78, 5) is 28.5. The van der Waals surface area contributed by atoms with E-state index < -0.39 is 0 Å². The van der Waals surface area contributed by atoms with Gasteiger partial charge < -0.3 is 9.80 Å². The van der Waals surface area contributed by atoms with Gasteiger partial charge in [-0.1, -0.05) is 18.2 Å². The molecule has 2 aromatic heterocycles. The van der Waals surface area contributed by atoms with Crippen molar-refractivity contribution in [2.75, 3.05) is 24.5 Å². The molecular formula is C23H27N7O. The first kappa shape index (κ1) is 19.7. The average Bonchev–Trinajstić information content (AvgIpc) is 3.33. The molecule has 8 nitrogen and oxygen atoms in total. The highest BCUT2D eigenvalue weighted by molar-refractivity contribution is 5.84. The molecule has 5 rings (SSSR count). The predicted octanol–water partition coefficient (Wildman–Crippen LogP) is 2.77. The summed E-state index contributed by atoms with van der Waals surface area (Å²) in [6.45, 7) is 5.00. The number of likely N-dealkylation sites (tertiary alicyclic amines) is 1. The zero-order valence-electron chi connectivity index (χ0n) is 17.8. The van der Waals surface area contributed by atoms with Crippen molar-refractivity contribution < 1.29 is 4.79 Å². The van der Waals surface area contributed by atoms with Crippen molar-refractivity contribution in [1.29, 1.82) is 0 Å². The van der Waals surface area contributed by atoms with E-state index in [0.717, 1.165) is 68.2 Å². The lowest BCUT2D eigenvalue weighted by Gasteiger charge is -2.46. The Morgan fingerprint density at radius 2 is 1.74 bits per heavy atom. The summed E-state index contributed by atoms with van der Waals surface area (Å²) in [5, 5.41) is 8.54. The summed E-state index contributed by atoms with van der Waals surface area (Å²) in [5.41, 5.74) is 2.69. The zero-order chi connectivity index (χ0) is 21.3. The van der Waals surface area contributed by atoms with Crippen molar-refractivity contribution in [3.8, 4) is 5.69 Å². The smallest absolute Gasteiger partial charge is 0.229 e. The van der Waals surface area contributed by atoms with Crippen LogP contribution in [0.15, 0.2) is 48.9 Å². The molecule has 8 heteroatoms. The minimum atomic E-state index is -0.266. The molecule has 2 fully saturated rings. The second kappa shape index (κ2) is 8.09. The molecule has 31 heavy (non-hydrogen) atoms. The molecule has 0 aliphatic carbocycles. The van der Waals surface area contributed by atoms with Crippen molar-refractivity contribution in [2.45, 2.75) is 39.2 Å².